The molecule has 0 aliphatic heterocycles. The fraction of sp³-hybridized carbons (Fsp3) is 0. The third kappa shape index (κ3) is 3.41. The second-order valence-electron chi connectivity index (χ2n) is 5.88. The largest absolute Gasteiger partial charge is 0.478 e. The quantitative estimate of drug-likeness (QED) is 0.555. The molecule has 0 fully saturated rings. The minimum absolute atomic E-state index is 0.145. The molecule has 0 aliphatic carbocycles. The zero-order valence-electron chi connectivity index (χ0n) is 14.3. The predicted octanol–water partition coefficient (Wildman–Crippen LogP) is 4.38. The number of aromatic carboxylic acids is 1. The first-order valence-electron chi connectivity index (χ1n) is 8.37. The molecule has 4 aromatic rings. The number of hydrogen-bond donors (Lipinski definition) is 2. The van der Waals surface area contributed by atoms with Gasteiger partial charge in [0, 0.05) is 17.8 Å². The van der Waals surface area contributed by atoms with Crippen molar-refractivity contribution in [3.05, 3.63) is 90.8 Å². The van der Waals surface area contributed by atoms with Crippen molar-refractivity contribution in [3.8, 4) is 16.9 Å². The Labute approximate surface area is 155 Å². The molecule has 6 heteroatoms. The number of anilines is 2. The highest BCUT2D eigenvalue weighted by Gasteiger charge is 2.15. The SMILES string of the molecule is O=C(O)c1ccncc1Nc1cc(-c2ccccc2)nn1-c1ccccc1. The number of carboxylic acid groups (broad SMARTS) is 1. The lowest BCUT2D eigenvalue weighted by Gasteiger charge is -2.11. The molecule has 0 bridgehead atoms. The van der Waals surface area contributed by atoms with Gasteiger partial charge in [0.05, 0.1) is 28.8 Å². The fourth-order valence-electron chi connectivity index (χ4n) is 2.80. The van der Waals surface area contributed by atoms with Crippen LogP contribution >= 0.6 is 0 Å². The number of rotatable bonds is 5. The van der Waals surface area contributed by atoms with Gasteiger partial charge in [-0.25, -0.2) is 9.48 Å². The molecular weight excluding hydrogens is 340 g/mol. The first kappa shape index (κ1) is 16.5. The molecule has 0 amide bonds. The lowest BCUT2D eigenvalue weighted by atomic mass is 10.1. The van der Waals surface area contributed by atoms with E-state index in [1.165, 1.54) is 18.5 Å². The molecule has 2 aromatic heterocycles. The maximum atomic E-state index is 11.5. The summed E-state index contributed by atoms with van der Waals surface area (Å²) in [6.45, 7) is 0. The molecule has 0 saturated carbocycles. The molecule has 2 aromatic carbocycles. The number of pyridine rings is 1. The summed E-state index contributed by atoms with van der Waals surface area (Å²) in [7, 11) is 0. The average Bonchev–Trinajstić information content (AvgIpc) is 3.13. The van der Waals surface area contributed by atoms with Gasteiger partial charge in [0.15, 0.2) is 0 Å². The third-order valence-corrected chi connectivity index (χ3v) is 4.09. The van der Waals surface area contributed by atoms with Gasteiger partial charge >= 0.3 is 5.97 Å². The van der Waals surface area contributed by atoms with Crippen LogP contribution in [0, 0.1) is 0 Å². The van der Waals surface area contributed by atoms with Crippen LogP contribution in [-0.2, 0) is 0 Å². The summed E-state index contributed by atoms with van der Waals surface area (Å²) < 4.78 is 1.75. The Morgan fingerprint density at radius 3 is 2.37 bits per heavy atom. The van der Waals surface area contributed by atoms with E-state index in [2.05, 4.69) is 10.3 Å². The highest BCUT2D eigenvalue weighted by Crippen LogP contribution is 2.28. The second-order valence-corrected chi connectivity index (χ2v) is 5.88. The molecule has 4 rings (SSSR count). The Morgan fingerprint density at radius 1 is 0.963 bits per heavy atom. The minimum Gasteiger partial charge on any atom is -0.478 e. The van der Waals surface area contributed by atoms with E-state index in [-0.39, 0.29) is 5.56 Å². The summed E-state index contributed by atoms with van der Waals surface area (Å²) in [5.74, 6) is -0.371. The molecule has 6 nitrogen and oxygen atoms in total. The molecule has 2 N–H and O–H groups in total. The van der Waals surface area contributed by atoms with Gasteiger partial charge in [-0.05, 0) is 18.2 Å². The van der Waals surface area contributed by atoms with E-state index < -0.39 is 5.97 Å². The van der Waals surface area contributed by atoms with Crippen molar-refractivity contribution >= 4 is 17.5 Å². The van der Waals surface area contributed by atoms with Crippen LogP contribution in [0.5, 0.6) is 0 Å². The summed E-state index contributed by atoms with van der Waals surface area (Å²) in [6, 6.07) is 22.8. The molecule has 132 valence electrons. The van der Waals surface area contributed by atoms with Gasteiger partial charge in [0.2, 0.25) is 0 Å². The van der Waals surface area contributed by atoms with E-state index in [0.29, 0.717) is 11.5 Å². The van der Waals surface area contributed by atoms with Gasteiger partial charge in [-0.15, -0.1) is 0 Å². The van der Waals surface area contributed by atoms with Crippen LogP contribution in [0.1, 0.15) is 10.4 Å². The number of hydrogen-bond acceptors (Lipinski definition) is 4. The Morgan fingerprint density at radius 2 is 1.67 bits per heavy atom. The highest BCUT2D eigenvalue weighted by molar-refractivity contribution is 5.94. The van der Waals surface area contributed by atoms with Crippen molar-refractivity contribution in [1.82, 2.24) is 14.8 Å². The zero-order chi connectivity index (χ0) is 18.6. The van der Waals surface area contributed by atoms with E-state index in [4.69, 9.17) is 5.10 Å². The predicted molar refractivity (Wildman–Crippen MR) is 103 cm³/mol. The molecule has 0 spiro atoms. The van der Waals surface area contributed by atoms with Crippen molar-refractivity contribution in [2.75, 3.05) is 5.32 Å². The van der Waals surface area contributed by atoms with Gasteiger partial charge in [-0.3, -0.25) is 4.98 Å². The number of carbonyl (C=O) groups is 1. The number of carboxylic acids is 1. The van der Waals surface area contributed by atoms with E-state index in [1.54, 1.807) is 4.68 Å². The van der Waals surface area contributed by atoms with Gasteiger partial charge < -0.3 is 10.4 Å². The molecule has 0 radical (unpaired) electrons. The van der Waals surface area contributed by atoms with Crippen LogP contribution < -0.4 is 5.32 Å². The summed E-state index contributed by atoms with van der Waals surface area (Å²) >= 11 is 0. The van der Waals surface area contributed by atoms with Crippen LogP contribution in [-0.4, -0.2) is 25.8 Å². The van der Waals surface area contributed by atoms with Crippen molar-refractivity contribution < 1.29 is 9.90 Å². The van der Waals surface area contributed by atoms with Crippen LogP contribution in [0.4, 0.5) is 11.5 Å². The third-order valence-electron chi connectivity index (χ3n) is 4.09. The van der Waals surface area contributed by atoms with Crippen LogP contribution in [0.2, 0.25) is 0 Å². The normalized spacial score (nSPS) is 10.5. The Balaban J connectivity index is 1.82. The summed E-state index contributed by atoms with van der Waals surface area (Å²) in [4.78, 5) is 15.5. The second kappa shape index (κ2) is 7.13. The van der Waals surface area contributed by atoms with Crippen LogP contribution in [0.3, 0.4) is 0 Å². The first-order valence-corrected chi connectivity index (χ1v) is 8.37. The number of nitrogens with zero attached hydrogens (tertiary/aromatic N) is 3. The van der Waals surface area contributed by atoms with E-state index in [1.807, 2.05) is 66.7 Å². The first-order chi connectivity index (χ1) is 13.2. The Bertz CT molecular complexity index is 1080. The lowest BCUT2D eigenvalue weighted by Crippen LogP contribution is -2.07. The average molecular weight is 356 g/mol. The maximum Gasteiger partial charge on any atom is 0.337 e. The number of benzene rings is 2. The van der Waals surface area contributed by atoms with Gasteiger partial charge in [0.25, 0.3) is 0 Å². The highest BCUT2D eigenvalue weighted by atomic mass is 16.4. The molecule has 0 aliphatic rings. The molecule has 0 saturated heterocycles. The molecular formula is C21H16N4O2. The Kier molecular flexibility index (Phi) is 4.37. The minimum atomic E-state index is -1.02. The topological polar surface area (TPSA) is 80.0 Å². The Hall–Kier alpha value is -3.93. The fourth-order valence-corrected chi connectivity index (χ4v) is 2.80. The zero-order valence-corrected chi connectivity index (χ0v) is 14.3. The van der Waals surface area contributed by atoms with E-state index in [0.717, 1.165) is 16.9 Å². The van der Waals surface area contributed by atoms with Crippen molar-refractivity contribution in [3.63, 3.8) is 0 Å². The lowest BCUT2D eigenvalue weighted by molar-refractivity contribution is 0.0698. The molecule has 27 heavy (non-hydrogen) atoms. The van der Waals surface area contributed by atoms with Crippen molar-refractivity contribution in [2.45, 2.75) is 0 Å². The maximum absolute atomic E-state index is 11.5. The summed E-state index contributed by atoms with van der Waals surface area (Å²) in [5, 5.41) is 17.3. The summed E-state index contributed by atoms with van der Waals surface area (Å²) in [5.41, 5.74) is 3.17. The summed E-state index contributed by atoms with van der Waals surface area (Å²) in [6.07, 6.45) is 2.95. The standard InChI is InChI=1S/C21H16N4O2/c26-21(27)17-11-12-22-14-19(17)23-20-13-18(15-7-3-1-4-8-15)24-25(20)16-9-5-2-6-10-16/h1-14,23H,(H,26,27). The van der Waals surface area contributed by atoms with Crippen molar-refractivity contribution in [2.24, 2.45) is 0 Å². The molecule has 0 unspecified atom stereocenters. The van der Waals surface area contributed by atoms with Gasteiger partial charge in [0.1, 0.15) is 5.82 Å². The molecule has 2 heterocycles. The van der Waals surface area contributed by atoms with E-state index >= 15 is 0 Å². The van der Waals surface area contributed by atoms with Gasteiger partial charge in [-0.2, -0.15) is 5.10 Å². The monoisotopic (exact) mass is 356 g/mol. The van der Waals surface area contributed by atoms with Crippen LogP contribution in [0.15, 0.2) is 85.2 Å². The van der Waals surface area contributed by atoms with Gasteiger partial charge in [-0.1, -0.05) is 48.5 Å². The number of para-hydroxylation sites is 1. The number of aromatic nitrogens is 3. The number of nitrogens with one attached hydrogen (secondary N) is 1. The van der Waals surface area contributed by atoms with Crippen molar-refractivity contribution in [1.29, 1.82) is 0 Å². The smallest absolute Gasteiger partial charge is 0.337 e. The van der Waals surface area contributed by atoms with Crippen LogP contribution in [0.25, 0.3) is 16.9 Å². The van der Waals surface area contributed by atoms with E-state index in [9.17, 15) is 9.90 Å². The molecule has 0 atom stereocenters.